The Morgan fingerprint density at radius 1 is 1.42 bits per heavy atom. The van der Waals surface area contributed by atoms with Gasteiger partial charge in [-0.2, -0.15) is 0 Å². The monoisotopic (exact) mass is 266 g/mol. The zero-order valence-corrected chi connectivity index (χ0v) is 11.6. The highest BCUT2D eigenvalue weighted by atomic mass is 16.5. The normalized spacial score (nSPS) is 10.1. The van der Waals surface area contributed by atoms with Crippen LogP contribution in [0.2, 0.25) is 0 Å². The maximum Gasteiger partial charge on any atom is 0.260 e. The highest BCUT2D eigenvalue weighted by molar-refractivity contribution is 5.78. The molecule has 6 heteroatoms. The lowest BCUT2D eigenvalue weighted by molar-refractivity contribution is -0.133. The fourth-order valence-electron chi connectivity index (χ4n) is 1.75. The molecule has 0 saturated carbocycles. The average molecular weight is 266 g/mol. The van der Waals surface area contributed by atoms with Crippen LogP contribution in [0.15, 0.2) is 18.3 Å². The van der Waals surface area contributed by atoms with Crippen molar-refractivity contribution in [3.63, 3.8) is 0 Å². The summed E-state index contributed by atoms with van der Waals surface area (Å²) in [6, 6.07) is 3.45. The number of nitrogens with one attached hydrogen (secondary N) is 1. The molecule has 0 aliphatic heterocycles. The smallest absolute Gasteiger partial charge is 0.260 e. The van der Waals surface area contributed by atoms with Crippen molar-refractivity contribution in [2.24, 2.45) is 5.84 Å². The maximum absolute atomic E-state index is 12.0. The van der Waals surface area contributed by atoms with Crippen molar-refractivity contribution < 1.29 is 9.53 Å². The molecule has 1 rings (SSSR count). The SMILES string of the molecule is CCCN(CCC)C(=O)COc1cccnc1NN. The summed E-state index contributed by atoms with van der Waals surface area (Å²) in [5, 5.41) is 0. The molecular weight excluding hydrogens is 244 g/mol. The van der Waals surface area contributed by atoms with E-state index in [0.717, 1.165) is 25.9 Å². The van der Waals surface area contributed by atoms with E-state index in [2.05, 4.69) is 10.4 Å². The summed E-state index contributed by atoms with van der Waals surface area (Å²) in [7, 11) is 0. The first kappa shape index (κ1) is 15.2. The predicted octanol–water partition coefficient (Wildman–Crippen LogP) is 1.39. The molecule has 1 heterocycles. The highest BCUT2D eigenvalue weighted by Crippen LogP contribution is 2.19. The maximum atomic E-state index is 12.0. The van der Waals surface area contributed by atoms with Gasteiger partial charge in [0.15, 0.2) is 18.2 Å². The lowest BCUT2D eigenvalue weighted by Crippen LogP contribution is -2.36. The summed E-state index contributed by atoms with van der Waals surface area (Å²) in [5.41, 5.74) is 2.44. The van der Waals surface area contributed by atoms with Crippen molar-refractivity contribution in [1.29, 1.82) is 0 Å². The Balaban J connectivity index is 2.56. The quantitative estimate of drug-likeness (QED) is 0.549. The van der Waals surface area contributed by atoms with E-state index in [1.165, 1.54) is 0 Å². The van der Waals surface area contributed by atoms with E-state index in [0.29, 0.717) is 11.6 Å². The van der Waals surface area contributed by atoms with Crippen molar-refractivity contribution in [1.82, 2.24) is 9.88 Å². The third-order valence-electron chi connectivity index (χ3n) is 2.60. The molecule has 0 aliphatic carbocycles. The van der Waals surface area contributed by atoms with Gasteiger partial charge in [0.1, 0.15) is 0 Å². The molecule has 0 radical (unpaired) electrons. The van der Waals surface area contributed by atoms with E-state index in [-0.39, 0.29) is 12.5 Å². The number of carbonyl (C=O) groups excluding carboxylic acids is 1. The van der Waals surface area contributed by atoms with E-state index in [4.69, 9.17) is 10.6 Å². The molecule has 19 heavy (non-hydrogen) atoms. The van der Waals surface area contributed by atoms with E-state index >= 15 is 0 Å². The summed E-state index contributed by atoms with van der Waals surface area (Å²) in [5.74, 6) is 6.21. The molecule has 6 nitrogen and oxygen atoms in total. The molecule has 1 amide bonds. The molecule has 0 saturated heterocycles. The Hall–Kier alpha value is -1.82. The number of aromatic nitrogens is 1. The number of hydrogen-bond acceptors (Lipinski definition) is 5. The topological polar surface area (TPSA) is 80.5 Å². The summed E-state index contributed by atoms with van der Waals surface area (Å²) in [4.78, 5) is 17.8. The second-order valence-electron chi connectivity index (χ2n) is 4.16. The van der Waals surface area contributed by atoms with E-state index in [1.54, 1.807) is 18.3 Å². The number of anilines is 1. The van der Waals surface area contributed by atoms with Crippen LogP contribution in [0.1, 0.15) is 26.7 Å². The molecule has 1 aromatic rings. The fourth-order valence-corrected chi connectivity index (χ4v) is 1.75. The predicted molar refractivity (Wildman–Crippen MR) is 74.7 cm³/mol. The molecule has 0 aliphatic rings. The number of rotatable bonds is 8. The van der Waals surface area contributed by atoms with Crippen LogP contribution in [0.3, 0.4) is 0 Å². The zero-order chi connectivity index (χ0) is 14.1. The van der Waals surface area contributed by atoms with Crippen molar-refractivity contribution >= 4 is 11.7 Å². The van der Waals surface area contributed by atoms with Gasteiger partial charge in [-0.15, -0.1) is 0 Å². The Morgan fingerprint density at radius 3 is 2.68 bits per heavy atom. The summed E-state index contributed by atoms with van der Waals surface area (Å²) in [6.07, 6.45) is 3.48. The van der Waals surface area contributed by atoms with Gasteiger partial charge < -0.3 is 15.1 Å². The number of ether oxygens (including phenoxy) is 1. The lowest BCUT2D eigenvalue weighted by Gasteiger charge is -2.21. The van der Waals surface area contributed by atoms with Crippen LogP contribution in [0.25, 0.3) is 0 Å². The minimum Gasteiger partial charge on any atom is -0.480 e. The van der Waals surface area contributed by atoms with Crippen LogP contribution in [0.5, 0.6) is 5.75 Å². The third-order valence-corrected chi connectivity index (χ3v) is 2.60. The van der Waals surface area contributed by atoms with E-state index in [9.17, 15) is 4.79 Å². The first-order valence-electron chi connectivity index (χ1n) is 6.55. The number of amides is 1. The van der Waals surface area contributed by atoms with Crippen molar-refractivity contribution in [2.45, 2.75) is 26.7 Å². The number of hydrazine groups is 1. The standard InChI is InChI=1S/C13H22N4O2/c1-3-8-17(9-4-2)12(18)10-19-11-6-5-7-15-13(11)16-14/h5-7H,3-4,8-10,14H2,1-2H3,(H,15,16). The Labute approximate surface area is 113 Å². The van der Waals surface area contributed by atoms with Crippen LogP contribution in [-0.2, 0) is 4.79 Å². The van der Waals surface area contributed by atoms with Gasteiger partial charge in [-0.1, -0.05) is 13.8 Å². The van der Waals surface area contributed by atoms with Crippen LogP contribution in [0, 0.1) is 0 Å². The molecule has 0 spiro atoms. The molecule has 0 atom stereocenters. The van der Waals surface area contributed by atoms with Crippen LogP contribution in [0.4, 0.5) is 5.82 Å². The molecular formula is C13H22N4O2. The molecule has 0 fully saturated rings. The molecule has 1 aromatic heterocycles. The first-order valence-corrected chi connectivity index (χ1v) is 6.55. The van der Waals surface area contributed by atoms with Crippen LogP contribution < -0.4 is 16.0 Å². The van der Waals surface area contributed by atoms with E-state index in [1.807, 2.05) is 18.7 Å². The first-order chi connectivity index (χ1) is 9.22. The number of nitrogens with zero attached hydrogens (tertiary/aromatic N) is 2. The fraction of sp³-hybridized carbons (Fsp3) is 0.538. The van der Waals surface area contributed by atoms with Gasteiger partial charge in [0.05, 0.1) is 0 Å². The van der Waals surface area contributed by atoms with Crippen LogP contribution >= 0.6 is 0 Å². The number of nitrogen functional groups attached to an aromatic ring is 1. The second-order valence-corrected chi connectivity index (χ2v) is 4.16. The zero-order valence-electron chi connectivity index (χ0n) is 11.6. The summed E-state index contributed by atoms with van der Waals surface area (Å²) < 4.78 is 5.47. The van der Waals surface area contributed by atoms with Gasteiger partial charge in [-0.05, 0) is 25.0 Å². The minimum absolute atomic E-state index is 0.000370. The lowest BCUT2D eigenvalue weighted by atomic mass is 10.3. The van der Waals surface area contributed by atoms with Crippen molar-refractivity contribution in [2.75, 3.05) is 25.1 Å². The van der Waals surface area contributed by atoms with E-state index < -0.39 is 0 Å². The third kappa shape index (κ3) is 4.75. The van der Waals surface area contributed by atoms with Crippen molar-refractivity contribution in [3.05, 3.63) is 18.3 Å². The Kier molecular flexibility index (Phi) is 6.67. The van der Waals surface area contributed by atoms with Gasteiger partial charge in [0.25, 0.3) is 5.91 Å². The van der Waals surface area contributed by atoms with Gasteiger partial charge in [0, 0.05) is 19.3 Å². The molecule has 0 unspecified atom stereocenters. The molecule has 106 valence electrons. The molecule has 0 aromatic carbocycles. The summed E-state index contributed by atoms with van der Waals surface area (Å²) in [6.45, 7) is 5.61. The van der Waals surface area contributed by atoms with Crippen molar-refractivity contribution in [3.8, 4) is 5.75 Å². The average Bonchev–Trinajstić information content (AvgIpc) is 2.44. The number of pyridine rings is 1. The van der Waals surface area contributed by atoms with Gasteiger partial charge >= 0.3 is 0 Å². The molecule has 3 N–H and O–H groups in total. The number of nitrogens with two attached hydrogens (primary N) is 1. The van der Waals surface area contributed by atoms with Gasteiger partial charge in [0.2, 0.25) is 0 Å². The largest absolute Gasteiger partial charge is 0.480 e. The number of carbonyl (C=O) groups is 1. The second kappa shape index (κ2) is 8.31. The number of hydrogen-bond donors (Lipinski definition) is 2. The summed E-state index contributed by atoms with van der Waals surface area (Å²) >= 11 is 0. The minimum atomic E-state index is -0.0180. The molecule has 0 bridgehead atoms. The highest BCUT2D eigenvalue weighted by Gasteiger charge is 2.13. The Bertz CT molecular complexity index is 392. The van der Waals surface area contributed by atoms with Crippen LogP contribution in [-0.4, -0.2) is 35.5 Å². The van der Waals surface area contributed by atoms with Gasteiger partial charge in [-0.3, -0.25) is 4.79 Å². The van der Waals surface area contributed by atoms with Gasteiger partial charge in [-0.25, -0.2) is 10.8 Å². The Morgan fingerprint density at radius 2 is 2.11 bits per heavy atom.